The molecule has 0 atom stereocenters. The van der Waals surface area contributed by atoms with Crippen molar-refractivity contribution < 1.29 is 13.9 Å². The Bertz CT molecular complexity index is 622. The molecule has 0 aromatic carbocycles. The Morgan fingerprint density at radius 3 is 2.52 bits per heavy atom. The van der Waals surface area contributed by atoms with Crippen LogP contribution in [0.5, 0.6) is 0 Å². The highest BCUT2D eigenvalue weighted by Gasteiger charge is 2.25. The largest absolute Gasteiger partial charge is 0.444 e. The van der Waals surface area contributed by atoms with Gasteiger partial charge in [-0.1, -0.05) is 6.07 Å². The molecule has 1 amide bonds. The third-order valence-corrected chi connectivity index (χ3v) is 4.72. The van der Waals surface area contributed by atoms with E-state index in [0.717, 1.165) is 37.4 Å². The molecule has 1 fully saturated rings. The topological polar surface area (TPSA) is 45.7 Å². The van der Waals surface area contributed by atoms with Crippen LogP contribution in [0.15, 0.2) is 12.1 Å². The van der Waals surface area contributed by atoms with Crippen molar-refractivity contribution in [3.63, 3.8) is 0 Å². The van der Waals surface area contributed by atoms with E-state index in [1.54, 1.807) is 4.90 Å². The van der Waals surface area contributed by atoms with Gasteiger partial charge >= 0.3 is 6.09 Å². The second kappa shape index (κ2) is 7.18. The molecule has 0 saturated carbocycles. The van der Waals surface area contributed by atoms with Crippen molar-refractivity contribution in [3.05, 3.63) is 23.4 Å². The Morgan fingerprint density at radius 2 is 1.84 bits per heavy atom. The van der Waals surface area contributed by atoms with E-state index in [-0.39, 0.29) is 6.09 Å². The van der Waals surface area contributed by atoms with E-state index in [1.165, 1.54) is 5.56 Å². The summed E-state index contributed by atoms with van der Waals surface area (Å²) >= 11 is 0. The van der Waals surface area contributed by atoms with Crippen LogP contribution in [-0.2, 0) is 17.6 Å². The van der Waals surface area contributed by atoms with E-state index in [0.29, 0.717) is 25.9 Å². The fourth-order valence-corrected chi connectivity index (χ4v) is 3.33. The van der Waals surface area contributed by atoms with Crippen molar-refractivity contribution in [2.75, 3.05) is 31.1 Å². The van der Waals surface area contributed by atoms with Gasteiger partial charge in [-0.15, -0.1) is 0 Å². The number of anilines is 1. The van der Waals surface area contributed by atoms with E-state index < -0.39 is 11.8 Å². The van der Waals surface area contributed by atoms with Gasteiger partial charge in [0, 0.05) is 38.3 Å². The Labute approximate surface area is 149 Å². The Kier molecular flexibility index (Phi) is 5.16. The predicted octanol–water partition coefficient (Wildman–Crippen LogP) is 3.36. The van der Waals surface area contributed by atoms with E-state index >= 15 is 0 Å². The highest BCUT2D eigenvalue weighted by atomic mass is 19.1. The molecule has 138 valence electrons. The zero-order valence-corrected chi connectivity index (χ0v) is 15.4. The molecule has 1 aromatic rings. The monoisotopic (exact) mass is 349 g/mol. The van der Waals surface area contributed by atoms with Gasteiger partial charge in [-0.25, -0.2) is 14.2 Å². The fourth-order valence-electron chi connectivity index (χ4n) is 3.33. The molecule has 0 aliphatic carbocycles. The Hall–Kier alpha value is -1.85. The van der Waals surface area contributed by atoms with E-state index in [1.807, 2.05) is 26.8 Å². The smallest absolute Gasteiger partial charge is 0.410 e. The quantitative estimate of drug-likeness (QED) is 0.780. The number of amides is 1. The number of carbonyl (C=O) groups excluding carboxylic acids is 1. The van der Waals surface area contributed by atoms with Gasteiger partial charge in [0.05, 0.1) is 0 Å². The summed E-state index contributed by atoms with van der Waals surface area (Å²) in [5, 5.41) is 0. The minimum Gasteiger partial charge on any atom is -0.444 e. The lowest BCUT2D eigenvalue weighted by atomic mass is 10.1. The molecule has 0 spiro atoms. The summed E-state index contributed by atoms with van der Waals surface area (Å²) in [6.45, 7) is 8.35. The number of alkyl halides is 1. The summed E-state index contributed by atoms with van der Waals surface area (Å²) in [6, 6.07) is 4.14. The molecule has 0 unspecified atom stereocenters. The first-order valence-corrected chi connectivity index (χ1v) is 9.17. The number of halogens is 1. The average Bonchev–Trinajstić information content (AvgIpc) is 2.76. The van der Waals surface area contributed by atoms with Crippen LogP contribution in [0.2, 0.25) is 0 Å². The maximum Gasteiger partial charge on any atom is 0.410 e. The third-order valence-electron chi connectivity index (χ3n) is 4.72. The van der Waals surface area contributed by atoms with Crippen LogP contribution in [-0.4, -0.2) is 53.9 Å². The zero-order chi connectivity index (χ0) is 18.0. The van der Waals surface area contributed by atoms with Crippen LogP contribution in [0.3, 0.4) is 0 Å². The SMILES string of the molecule is CC(C)(C)OC(=O)N1CCc2ccc(N3CCC(F)CC3)nc2CC1. The zero-order valence-electron chi connectivity index (χ0n) is 15.4. The maximum absolute atomic E-state index is 13.3. The molecule has 5 nitrogen and oxygen atoms in total. The van der Waals surface area contributed by atoms with Crippen molar-refractivity contribution in [2.24, 2.45) is 0 Å². The van der Waals surface area contributed by atoms with Gasteiger partial charge in [0.25, 0.3) is 0 Å². The number of ether oxygens (including phenoxy) is 1. The first-order chi connectivity index (χ1) is 11.8. The fraction of sp³-hybridized carbons (Fsp3) is 0.684. The number of aromatic nitrogens is 1. The number of hydrogen-bond donors (Lipinski definition) is 0. The number of piperidine rings is 1. The van der Waals surface area contributed by atoms with Crippen molar-refractivity contribution in [2.45, 2.75) is 58.2 Å². The van der Waals surface area contributed by atoms with Crippen LogP contribution < -0.4 is 4.90 Å². The van der Waals surface area contributed by atoms with Gasteiger partial charge in [0.2, 0.25) is 0 Å². The van der Waals surface area contributed by atoms with Crippen LogP contribution in [0.4, 0.5) is 15.0 Å². The second-order valence-electron chi connectivity index (χ2n) is 7.90. The van der Waals surface area contributed by atoms with Crippen LogP contribution in [0.1, 0.15) is 44.9 Å². The van der Waals surface area contributed by atoms with Gasteiger partial charge in [0.15, 0.2) is 0 Å². The Morgan fingerprint density at radius 1 is 1.16 bits per heavy atom. The standard InChI is InChI=1S/C19H28FN3O2/c1-19(2,3)25-18(24)23-10-6-14-4-5-17(21-16(14)9-13-23)22-11-7-15(20)8-12-22/h4-5,15H,6-13H2,1-3H3. The Balaban J connectivity index is 1.67. The minimum atomic E-state index is -0.681. The van der Waals surface area contributed by atoms with Gasteiger partial charge < -0.3 is 14.5 Å². The summed E-state index contributed by atoms with van der Waals surface area (Å²) in [4.78, 5) is 21.0. The van der Waals surface area contributed by atoms with Gasteiger partial charge in [0.1, 0.15) is 17.6 Å². The van der Waals surface area contributed by atoms with Crippen LogP contribution >= 0.6 is 0 Å². The molecule has 1 aromatic heterocycles. The normalized spacial score (nSPS) is 19.4. The molecule has 2 aliphatic rings. The summed E-state index contributed by atoms with van der Waals surface area (Å²) in [7, 11) is 0. The number of hydrogen-bond acceptors (Lipinski definition) is 4. The molecular formula is C19H28FN3O2. The molecule has 0 N–H and O–H groups in total. The van der Waals surface area contributed by atoms with Crippen LogP contribution in [0.25, 0.3) is 0 Å². The van der Waals surface area contributed by atoms with E-state index in [4.69, 9.17) is 9.72 Å². The highest BCUT2D eigenvalue weighted by molar-refractivity contribution is 5.68. The van der Waals surface area contributed by atoms with E-state index in [2.05, 4.69) is 11.0 Å². The summed E-state index contributed by atoms with van der Waals surface area (Å²) in [5.41, 5.74) is 1.76. The second-order valence-corrected chi connectivity index (χ2v) is 7.90. The lowest BCUT2D eigenvalue weighted by Crippen LogP contribution is -2.38. The number of rotatable bonds is 1. The molecule has 3 rings (SSSR count). The lowest BCUT2D eigenvalue weighted by Gasteiger charge is -2.30. The van der Waals surface area contributed by atoms with Crippen LogP contribution in [0, 0.1) is 0 Å². The van der Waals surface area contributed by atoms with E-state index in [9.17, 15) is 9.18 Å². The molecule has 3 heterocycles. The summed E-state index contributed by atoms with van der Waals surface area (Å²) in [5.74, 6) is 0.927. The number of carbonyl (C=O) groups is 1. The molecular weight excluding hydrogens is 321 g/mol. The maximum atomic E-state index is 13.3. The van der Waals surface area contributed by atoms with Gasteiger partial charge in [-0.2, -0.15) is 0 Å². The summed E-state index contributed by atoms with van der Waals surface area (Å²) in [6.07, 6.45) is 1.72. The predicted molar refractivity (Wildman–Crippen MR) is 95.8 cm³/mol. The lowest BCUT2D eigenvalue weighted by molar-refractivity contribution is 0.0258. The minimum absolute atomic E-state index is 0.259. The molecule has 1 saturated heterocycles. The average molecular weight is 349 g/mol. The van der Waals surface area contributed by atoms with Crippen molar-refractivity contribution >= 4 is 11.9 Å². The van der Waals surface area contributed by atoms with Crippen molar-refractivity contribution in [1.29, 1.82) is 0 Å². The molecule has 25 heavy (non-hydrogen) atoms. The molecule has 2 aliphatic heterocycles. The molecule has 6 heteroatoms. The van der Waals surface area contributed by atoms with Gasteiger partial charge in [-0.05, 0) is 51.7 Å². The first kappa shape index (κ1) is 18.0. The summed E-state index contributed by atoms with van der Waals surface area (Å²) < 4.78 is 18.8. The number of fused-ring (bicyclic) bond motifs is 1. The number of nitrogens with zero attached hydrogens (tertiary/aromatic N) is 3. The first-order valence-electron chi connectivity index (χ1n) is 9.17. The highest BCUT2D eigenvalue weighted by Crippen LogP contribution is 2.23. The molecule has 0 bridgehead atoms. The number of pyridine rings is 1. The van der Waals surface area contributed by atoms with Crippen molar-refractivity contribution in [3.8, 4) is 0 Å². The molecule has 0 radical (unpaired) electrons. The van der Waals surface area contributed by atoms with Crippen molar-refractivity contribution in [1.82, 2.24) is 9.88 Å². The van der Waals surface area contributed by atoms with Gasteiger partial charge in [-0.3, -0.25) is 0 Å². The third kappa shape index (κ3) is 4.61.